The maximum absolute atomic E-state index is 14.0. The number of aromatic nitrogens is 1. The standard InChI is InChI=1S/C27H34FN3O7/c1-3-23-19(2)17-22(24(32)29-23)25(33)30(18-20-9-11-21(28)12-10-20)27(13-5-4-6-14-27)26(34)37-15-7-8-16-38-31(35)36/h9-12,17H,3-8,13-16,18H2,1-2H3,(H,29,32). The number of carbonyl (C=O) groups excluding carboxylic acids is 2. The van der Waals surface area contributed by atoms with Crippen LogP contribution in [0.1, 0.15) is 79.0 Å². The molecule has 0 atom stereocenters. The lowest BCUT2D eigenvalue weighted by molar-refractivity contribution is -0.757. The summed E-state index contributed by atoms with van der Waals surface area (Å²) in [5.41, 5.74) is 0.167. The van der Waals surface area contributed by atoms with Crippen molar-refractivity contribution in [3.05, 3.63) is 79.0 Å². The number of carbonyl (C=O) groups is 2. The van der Waals surface area contributed by atoms with Gasteiger partial charge in [-0.3, -0.25) is 9.59 Å². The second kappa shape index (κ2) is 13.2. The zero-order valence-electron chi connectivity index (χ0n) is 21.8. The van der Waals surface area contributed by atoms with Crippen LogP contribution in [0.25, 0.3) is 0 Å². The van der Waals surface area contributed by atoms with Crippen LogP contribution in [0, 0.1) is 22.9 Å². The Morgan fingerprint density at radius 3 is 2.42 bits per heavy atom. The highest BCUT2D eigenvalue weighted by Crippen LogP contribution is 2.37. The third-order valence-corrected chi connectivity index (χ3v) is 6.97. The molecule has 38 heavy (non-hydrogen) atoms. The van der Waals surface area contributed by atoms with Gasteiger partial charge in [0, 0.05) is 12.2 Å². The number of aryl methyl sites for hydroxylation is 2. The summed E-state index contributed by atoms with van der Waals surface area (Å²) in [6.07, 6.45) is 4.22. The van der Waals surface area contributed by atoms with Crippen molar-refractivity contribution in [2.45, 2.75) is 77.3 Å². The predicted molar refractivity (Wildman–Crippen MR) is 136 cm³/mol. The van der Waals surface area contributed by atoms with Gasteiger partial charge in [0.25, 0.3) is 16.6 Å². The van der Waals surface area contributed by atoms with Crippen molar-refractivity contribution >= 4 is 11.9 Å². The largest absolute Gasteiger partial charge is 0.464 e. The van der Waals surface area contributed by atoms with E-state index in [0.717, 1.165) is 17.7 Å². The van der Waals surface area contributed by atoms with Gasteiger partial charge in [-0.25, -0.2) is 9.18 Å². The van der Waals surface area contributed by atoms with Crippen LogP contribution in [-0.4, -0.2) is 45.6 Å². The highest BCUT2D eigenvalue weighted by Gasteiger charge is 2.49. The van der Waals surface area contributed by atoms with Gasteiger partial charge in [-0.05, 0) is 68.4 Å². The Balaban J connectivity index is 1.94. The Morgan fingerprint density at radius 1 is 1.13 bits per heavy atom. The first-order valence-electron chi connectivity index (χ1n) is 12.9. The summed E-state index contributed by atoms with van der Waals surface area (Å²) in [5, 5.41) is 9.43. The first-order chi connectivity index (χ1) is 18.2. The first kappa shape index (κ1) is 28.8. The summed E-state index contributed by atoms with van der Waals surface area (Å²) in [4.78, 5) is 59.4. The summed E-state index contributed by atoms with van der Waals surface area (Å²) in [5.74, 6) is -1.61. The Morgan fingerprint density at radius 2 is 1.79 bits per heavy atom. The lowest BCUT2D eigenvalue weighted by atomic mass is 9.79. The third kappa shape index (κ3) is 6.96. The quantitative estimate of drug-likeness (QED) is 0.187. The van der Waals surface area contributed by atoms with Crippen LogP contribution in [0.2, 0.25) is 0 Å². The van der Waals surface area contributed by atoms with Gasteiger partial charge in [-0.2, -0.15) is 0 Å². The topological polar surface area (TPSA) is 132 Å². The van der Waals surface area contributed by atoms with E-state index in [4.69, 9.17) is 4.74 Å². The highest BCUT2D eigenvalue weighted by molar-refractivity contribution is 5.98. The lowest BCUT2D eigenvalue weighted by Gasteiger charge is -2.44. The molecular weight excluding hydrogens is 497 g/mol. The van der Waals surface area contributed by atoms with Crippen molar-refractivity contribution in [2.75, 3.05) is 13.2 Å². The van der Waals surface area contributed by atoms with E-state index in [2.05, 4.69) is 9.82 Å². The average molecular weight is 532 g/mol. The summed E-state index contributed by atoms with van der Waals surface area (Å²) < 4.78 is 19.2. The number of hydrogen-bond donors (Lipinski definition) is 1. The normalized spacial score (nSPS) is 14.5. The van der Waals surface area contributed by atoms with Crippen LogP contribution in [0.4, 0.5) is 4.39 Å². The predicted octanol–water partition coefficient (Wildman–Crippen LogP) is 4.26. The number of nitrogens with one attached hydrogen (secondary N) is 1. The van der Waals surface area contributed by atoms with Crippen LogP contribution < -0.4 is 5.56 Å². The number of benzene rings is 1. The number of ether oxygens (including phenoxy) is 1. The number of aromatic amines is 1. The van der Waals surface area contributed by atoms with Gasteiger partial charge < -0.3 is 19.5 Å². The van der Waals surface area contributed by atoms with Crippen molar-refractivity contribution in [3.63, 3.8) is 0 Å². The van der Waals surface area contributed by atoms with E-state index in [9.17, 15) is 28.9 Å². The summed E-state index contributed by atoms with van der Waals surface area (Å²) in [6, 6.07) is 7.20. The number of nitrogens with zero attached hydrogens (tertiary/aromatic N) is 2. The van der Waals surface area contributed by atoms with Crippen LogP contribution in [0.15, 0.2) is 35.1 Å². The molecule has 1 fully saturated rings. The molecule has 1 saturated carbocycles. The van der Waals surface area contributed by atoms with Crippen molar-refractivity contribution < 1.29 is 28.6 Å². The van der Waals surface area contributed by atoms with E-state index >= 15 is 0 Å². The van der Waals surface area contributed by atoms with Gasteiger partial charge in [0.1, 0.15) is 16.9 Å². The number of esters is 1. The first-order valence-corrected chi connectivity index (χ1v) is 12.9. The van der Waals surface area contributed by atoms with Crippen LogP contribution in [0.3, 0.4) is 0 Å². The molecule has 11 heteroatoms. The van der Waals surface area contributed by atoms with E-state index in [1.807, 2.05) is 13.8 Å². The second-order valence-electron chi connectivity index (χ2n) is 9.54. The molecule has 3 rings (SSSR count). The molecule has 1 aromatic heterocycles. The molecule has 1 aromatic carbocycles. The maximum Gasteiger partial charge on any atom is 0.332 e. The second-order valence-corrected chi connectivity index (χ2v) is 9.54. The van der Waals surface area contributed by atoms with E-state index in [0.29, 0.717) is 50.5 Å². The number of halogens is 1. The van der Waals surface area contributed by atoms with Crippen molar-refractivity contribution in [1.82, 2.24) is 9.88 Å². The van der Waals surface area contributed by atoms with Crippen LogP contribution >= 0.6 is 0 Å². The number of amides is 1. The molecule has 0 aliphatic heterocycles. The number of unbranched alkanes of at least 4 members (excludes halogenated alkanes) is 1. The molecule has 0 radical (unpaired) electrons. The Bertz CT molecular complexity index is 1190. The van der Waals surface area contributed by atoms with Crippen molar-refractivity contribution in [2.24, 2.45) is 0 Å². The zero-order valence-corrected chi connectivity index (χ0v) is 21.8. The fourth-order valence-corrected chi connectivity index (χ4v) is 4.90. The van der Waals surface area contributed by atoms with Crippen molar-refractivity contribution in [3.8, 4) is 0 Å². The highest BCUT2D eigenvalue weighted by atomic mass is 19.1. The molecule has 1 heterocycles. The number of pyridine rings is 1. The molecule has 206 valence electrons. The van der Waals surface area contributed by atoms with Gasteiger partial charge in [0.15, 0.2) is 0 Å². The summed E-state index contributed by atoms with van der Waals surface area (Å²) in [7, 11) is 0. The van der Waals surface area contributed by atoms with Gasteiger partial charge >= 0.3 is 5.97 Å². The minimum atomic E-state index is -1.31. The van der Waals surface area contributed by atoms with Crippen molar-refractivity contribution in [1.29, 1.82) is 0 Å². The van der Waals surface area contributed by atoms with Crippen LogP contribution in [-0.2, 0) is 27.3 Å². The number of rotatable bonds is 12. The molecule has 0 spiro atoms. The molecular formula is C27H34FN3O7. The molecule has 0 saturated heterocycles. The molecule has 1 aliphatic carbocycles. The average Bonchev–Trinajstić information content (AvgIpc) is 2.91. The minimum Gasteiger partial charge on any atom is -0.464 e. The number of H-pyrrole nitrogens is 1. The molecule has 10 nitrogen and oxygen atoms in total. The summed E-state index contributed by atoms with van der Waals surface area (Å²) >= 11 is 0. The Labute approximate surface area is 220 Å². The third-order valence-electron chi connectivity index (χ3n) is 6.97. The zero-order chi connectivity index (χ0) is 27.7. The molecule has 1 amide bonds. The maximum atomic E-state index is 14.0. The van der Waals surface area contributed by atoms with E-state index in [-0.39, 0.29) is 25.3 Å². The van der Waals surface area contributed by atoms with Gasteiger partial charge in [0.2, 0.25) is 0 Å². The molecule has 1 aliphatic rings. The Hall–Kier alpha value is -3.76. The fraction of sp³-hybridized carbons (Fsp3) is 0.519. The molecule has 0 unspecified atom stereocenters. The van der Waals surface area contributed by atoms with E-state index < -0.39 is 33.9 Å². The smallest absolute Gasteiger partial charge is 0.332 e. The van der Waals surface area contributed by atoms with Gasteiger partial charge in [0.05, 0.1) is 13.2 Å². The lowest BCUT2D eigenvalue weighted by Crippen LogP contribution is -2.59. The monoisotopic (exact) mass is 531 g/mol. The van der Waals surface area contributed by atoms with E-state index in [1.54, 1.807) is 18.2 Å². The Kier molecular flexibility index (Phi) is 9.98. The van der Waals surface area contributed by atoms with Crippen LogP contribution in [0.5, 0.6) is 0 Å². The summed E-state index contributed by atoms with van der Waals surface area (Å²) in [6.45, 7) is 3.59. The molecule has 2 aromatic rings. The SMILES string of the molecule is CCc1[nH]c(=O)c(C(=O)N(Cc2ccc(F)cc2)C2(C(=O)OCCCCO[N+](=O)[O-])CCCCC2)cc1C. The molecule has 0 bridgehead atoms. The fourth-order valence-electron chi connectivity index (χ4n) is 4.90. The number of hydrogen-bond acceptors (Lipinski definition) is 7. The minimum absolute atomic E-state index is 0.00508. The van der Waals surface area contributed by atoms with E-state index in [1.165, 1.54) is 17.0 Å². The van der Waals surface area contributed by atoms with Gasteiger partial charge in [-0.15, -0.1) is 10.1 Å². The molecule has 1 N–H and O–H groups in total. The van der Waals surface area contributed by atoms with Gasteiger partial charge in [-0.1, -0.05) is 38.3 Å².